The van der Waals surface area contributed by atoms with Crippen LogP contribution in [0.3, 0.4) is 0 Å². The molecule has 0 spiro atoms. The first kappa shape index (κ1) is 15.1. The van der Waals surface area contributed by atoms with Crippen molar-refractivity contribution < 1.29 is 9.53 Å². The summed E-state index contributed by atoms with van der Waals surface area (Å²) >= 11 is 0. The summed E-state index contributed by atoms with van der Waals surface area (Å²) in [6.07, 6.45) is 6.72. The summed E-state index contributed by atoms with van der Waals surface area (Å²) < 4.78 is 5.37. The van der Waals surface area contributed by atoms with Gasteiger partial charge in [-0.3, -0.25) is 4.79 Å². The van der Waals surface area contributed by atoms with E-state index in [2.05, 4.69) is 5.32 Å². The first-order valence-electron chi connectivity index (χ1n) is 7.34. The zero-order valence-corrected chi connectivity index (χ0v) is 12.2. The minimum atomic E-state index is -0.361. The van der Waals surface area contributed by atoms with Crippen LogP contribution in [0.5, 0.6) is 0 Å². The Morgan fingerprint density at radius 3 is 2.16 bits per heavy atom. The smallest absolute Gasteiger partial charge is 0.227 e. The fourth-order valence-electron chi connectivity index (χ4n) is 3.12. The number of hydrogen-bond acceptors (Lipinski definition) is 3. The van der Waals surface area contributed by atoms with E-state index in [-0.39, 0.29) is 23.7 Å². The van der Waals surface area contributed by atoms with E-state index in [0.717, 1.165) is 24.7 Å². The molecule has 1 aliphatic heterocycles. The average Bonchev–Trinajstić information content (AvgIpc) is 3.29. The van der Waals surface area contributed by atoms with Gasteiger partial charge in [0.05, 0.1) is 5.41 Å². The molecule has 0 aromatic heterocycles. The highest BCUT2D eigenvalue weighted by atomic mass is 35.5. The summed E-state index contributed by atoms with van der Waals surface area (Å²) in [4.78, 5) is 12.6. The Hall–Kier alpha value is -0.320. The Bertz CT molecular complexity index is 311. The van der Waals surface area contributed by atoms with Gasteiger partial charge >= 0.3 is 0 Å². The average molecular weight is 289 g/mol. The van der Waals surface area contributed by atoms with Crippen LogP contribution in [0.15, 0.2) is 0 Å². The highest BCUT2D eigenvalue weighted by Crippen LogP contribution is 2.45. The standard InChI is InChI=1S/C14H24N2O2.ClH/c15-9-14(5-7-18-8-6-14)13(17)16-12(10-1-2-10)11-3-4-11;/h10-12H,1-9,15H2,(H,16,17);1H. The third-order valence-electron chi connectivity index (χ3n) is 4.88. The molecule has 19 heavy (non-hydrogen) atoms. The van der Waals surface area contributed by atoms with Crippen molar-refractivity contribution in [2.45, 2.75) is 44.6 Å². The van der Waals surface area contributed by atoms with Gasteiger partial charge in [0.15, 0.2) is 0 Å². The molecular weight excluding hydrogens is 264 g/mol. The molecule has 1 saturated heterocycles. The monoisotopic (exact) mass is 288 g/mol. The Morgan fingerprint density at radius 1 is 1.21 bits per heavy atom. The van der Waals surface area contributed by atoms with Crippen LogP contribution in [-0.4, -0.2) is 31.7 Å². The summed E-state index contributed by atoms with van der Waals surface area (Å²) in [5.74, 6) is 1.68. The molecular formula is C14H25ClN2O2. The summed E-state index contributed by atoms with van der Waals surface area (Å²) in [6, 6.07) is 0.434. The Labute approximate surface area is 121 Å². The lowest BCUT2D eigenvalue weighted by atomic mass is 9.79. The summed E-state index contributed by atoms with van der Waals surface area (Å²) in [5, 5.41) is 3.33. The number of hydrogen-bond donors (Lipinski definition) is 2. The Kier molecular flexibility index (Phi) is 4.75. The first-order chi connectivity index (χ1) is 8.75. The van der Waals surface area contributed by atoms with Gasteiger partial charge < -0.3 is 15.8 Å². The van der Waals surface area contributed by atoms with Gasteiger partial charge in [-0.1, -0.05) is 0 Å². The second-order valence-corrected chi connectivity index (χ2v) is 6.27. The van der Waals surface area contributed by atoms with Gasteiger partial charge in [0.1, 0.15) is 0 Å². The maximum absolute atomic E-state index is 12.6. The minimum absolute atomic E-state index is 0. The Balaban J connectivity index is 0.00000133. The lowest BCUT2D eigenvalue weighted by molar-refractivity contribution is -0.137. The molecule has 5 heteroatoms. The molecule has 3 N–H and O–H groups in total. The second kappa shape index (κ2) is 5.98. The maximum atomic E-state index is 12.6. The summed E-state index contributed by atoms with van der Waals surface area (Å²) in [5.41, 5.74) is 5.52. The Morgan fingerprint density at radius 2 is 1.74 bits per heavy atom. The first-order valence-corrected chi connectivity index (χ1v) is 7.34. The van der Waals surface area contributed by atoms with Gasteiger partial charge in [-0.2, -0.15) is 0 Å². The molecule has 110 valence electrons. The van der Waals surface area contributed by atoms with Crippen molar-refractivity contribution >= 4 is 18.3 Å². The van der Waals surface area contributed by atoms with Crippen molar-refractivity contribution in [2.24, 2.45) is 23.0 Å². The van der Waals surface area contributed by atoms with Gasteiger partial charge in [0, 0.05) is 25.8 Å². The van der Waals surface area contributed by atoms with Crippen molar-refractivity contribution in [2.75, 3.05) is 19.8 Å². The molecule has 0 aromatic rings. The lowest BCUT2D eigenvalue weighted by Crippen LogP contribution is -2.52. The van der Waals surface area contributed by atoms with Crippen molar-refractivity contribution in [3.05, 3.63) is 0 Å². The van der Waals surface area contributed by atoms with E-state index in [9.17, 15) is 4.79 Å². The summed E-state index contributed by atoms with van der Waals surface area (Å²) in [6.45, 7) is 1.79. The topological polar surface area (TPSA) is 64.4 Å². The molecule has 0 unspecified atom stereocenters. The van der Waals surface area contributed by atoms with E-state index >= 15 is 0 Å². The zero-order valence-electron chi connectivity index (χ0n) is 11.4. The highest BCUT2D eigenvalue weighted by Gasteiger charge is 2.46. The number of rotatable bonds is 5. The van der Waals surface area contributed by atoms with E-state index in [4.69, 9.17) is 10.5 Å². The quantitative estimate of drug-likeness (QED) is 0.805. The predicted octanol–water partition coefficient (Wildman–Crippen LogP) is 1.47. The molecule has 3 aliphatic rings. The van der Waals surface area contributed by atoms with Crippen LogP contribution in [0.4, 0.5) is 0 Å². The molecule has 1 amide bonds. The molecule has 3 fully saturated rings. The van der Waals surface area contributed by atoms with Crippen LogP contribution in [0.25, 0.3) is 0 Å². The minimum Gasteiger partial charge on any atom is -0.381 e. The normalized spacial score (nSPS) is 25.8. The second-order valence-electron chi connectivity index (χ2n) is 6.27. The van der Waals surface area contributed by atoms with E-state index in [1.165, 1.54) is 25.7 Å². The fourth-order valence-corrected chi connectivity index (χ4v) is 3.12. The van der Waals surface area contributed by atoms with E-state index < -0.39 is 0 Å². The number of carbonyl (C=O) groups excluding carboxylic acids is 1. The van der Waals surface area contributed by atoms with Crippen molar-refractivity contribution in [3.8, 4) is 0 Å². The number of amides is 1. The third kappa shape index (κ3) is 3.23. The number of nitrogens with two attached hydrogens (primary N) is 1. The predicted molar refractivity (Wildman–Crippen MR) is 76.2 cm³/mol. The van der Waals surface area contributed by atoms with Gasteiger partial charge in [-0.05, 0) is 50.4 Å². The van der Waals surface area contributed by atoms with Gasteiger partial charge in [-0.15, -0.1) is 12.4 Å². The van der Waals surface area contributed by atoms with Crippen LogP contribution in [-0.2, 0) is 9.53 Å². The molecule has 0 atom stereocenters. The van der Waals surface area contributed by atoms with Crippen LogP contribution in [0.1, 0.15) is 38.5 Å². The SMILES string of the molecule is Cl.NCC1(C(=O)NC(C2CC2)C2CC2)CCOCC1. The molecule has 4 nitrogen and oxygen atoms in total. The molecule has 2 saturated carbocycles. The van der Waals surface area contributed by atoms with E-state index in [1.54, 1.807) is 0 Å². The maximum Gasteiger partial charge on any atom is 0.227 e. The fraction of sp³-hybridized carbons (Fsp3) is 0.929. The molecule has 1 heterocycles. The number of carbonyl (C=O) groups is 1. The van der Waals surface area contributed by atoms with Crippen LogP contribution >= 0.6 is 12.4 Å². The largest absolute Gasteiger partial charge is 0.381 e. The number of ether oxygens (including phenoxy) is 1. The van der Waals surface area contributed by atoms with Gasteiger partial charge in [0.2, 0.25) is 5.91 Å². The molecule has 0 aromatic carbocycles. The molecule has 0 radical (unpaired) electrons. The summed E-state index contributed by atoms with van der Waals surface area (Å²) in [7, 11) is 0. The molecule has 2 aliphatic carbocycles. The van der Waals surface area contributed by atoms with Crippen LogP contribution < -0.4 is 11.1 Å². The van der Waals surface area contributed by atoms with E-state index in [1.807, 2.05) is 0 Å². The zero-order chi connectivity index (χ0) is 12.6. The van der Waals surface area contributed by atoms with Crippen LogP contribution in [0, 0.1) is 17.3 Å². The lowest BCUT2D eigenvalue weighted by Gasteiger charge is -2.36. The number of halogens is 1. The molecule has 3 rings (SSSR count). The van der Waals surface area contributed by atoms with E-state index in [0.29, 0.717) is 25.8 Å². The van der Waals surface area contributed by atoms with Crippen molar-refractivity contribution in [3.63, 3.8) is 0 Å². The number of nitrogens with one attached hydrogen (secondary N) is 1. The van der Waals surface area contributed by atoms with Gasteiger partial charge in [-0.25, -0.2) is 0 Å². The van der Waals surface area contributed by atoms with Gasteiger partial charge in [0.25, 0.3) is 0 Å². The highest BCUT2D eigenvalue weighted by molar-refractivity contribution is 5.85. The van der Waals surface area contributed by atoms with Crippen molar-refractivity contribution in [1.82, 2.24) is 5.32 Å². The third-order valence-corrected chi connectivity index (χ3v) is 4.88. The molecule has 0 bridgehead atoms. The van der Waals surface area contributed by atoms with Crippen LogP contribution in [0.2, 0.25) is 0 Å². The van der Waals surface area contributed by atoms with Crippen molar-refractivity contribution in [1.29, 1.82) is 0 Å².